The Hall–Kier alpha value is -2.30. The van der Waals surface area contributed by atoms with Crippen molar-refractivity contribution in [3.05, 3.63) is 53.6 Å². The number of nitrogens with one attached hydrogen (secondary N) is 1. The van der Waals surface area contributed by atoms with E-state index in [2.05, 4.69) is 5.32 Å². The smallest absolute Gasteiger partial charge is 0.163 e. The monoisotopic (exact) mass is 291 g/mol. The van der Waals surface area contributed by atoms with Crippen LogP contribution in [0.1, 0.15) is 12.0 Å². The van der Waals surface area contributed by atoms with Crippen LogP contribution in [-0.4, -0.2) is 13.2 Å². The number of hydrogen-bond acceptors (Lipinski definition) is 3. The Kier molecular flexibility index (Phi) is 3.90. The van der Waals surface area contributed by atoms with Crippen molar-refractivity contribution in [3.8, 4) is 11.5 Å². The number of hydrogen-bond donors (Lipinski definition) is 1. The number of halogens is 2. The first-order valence-corrected chi connectivity index (χ1v) is 6.80. The van der Waals surface area contributed by atoms with Gasteiger partial charge in [0.2, 0.25) is 0 Å². The van der Waals surface area contributed by atoms with Crippen molar-refractivity contribution in [2.75, 3.05) is 18.5 Å². The van der Waals surface area contributed by atoms with Crippen LogP contribution in [0.4, 0.5) is 14.5 Å². The summed E-state index contributed by atoms with van der Waals surface area (Å²) in [5, 5.41) is 3.06. The number of anilines is 1. The minimum absolute atomic E-state index is 0.198. The van der Waals surface area contributed by atoms with Crippen LogP contribution >= 0.6 is 0 Å². The van der Waals surface area contributed by atoms with Crippen molar-refractivity contribution in [2.45, 2.75) is 13.0 Å². The molecule has 5 heteroatoms. The largest absolute Gasteiger partial charge is 0.490 e. The van der Waals surface area contributed by atoms with Crippen LogP contribution in [0.5, 0.6) is 11.5 Å². The van der Waals surface area contributed by atoms with E-state index in [4.69, 9.17) is 9.47 Å². The highest BCUT2D eigenvalue weighted by atomic mass is 19.1. The van der Waals surface area contributed by atoms with Crippen LogP contribution in [0.3, 0.4) is 0 Å². The van der Waals surface area contributed by atoms with E-state index in [-0.39, 0.29) is 12.1 Å². The second kappa shape index (κ2) is 5.99. The van der Waals surface area contributed by atoms with E-state index in [1.54, 1.807) is 6.07 Å². The summed E-state index contributed by atoms with van der Waals surface area (Å²) in [6.45, 7) is 1.44. The lowest BCUT2D eigenvalue weighted by Crippen LogP contribution is -2.03. The molecule has 0 amide bonds. The Morgan fingerprint density at radius 3 is 2.62 bits per heavy atom. The van der Waals surface area contributed by atoms with Gasteiger partial charge in [0.25, 0.3) is 0 Å². The van der Waals surface area contributed by atoms with Crippen molar-refractivity contribution < 1.29 is 18.3 Å². The van der Waals surface area contributed by atoms with Gasteiger partial charge < -0.3 is 14.8 Å². The molecule has 3 rings (SSSR count). The Bertz CT molecular complexity index is 646. The summed E-state index contributed by atoms with van der Waals surface area (Å²) in [4.78, 5) is 0. The van der Waals surface area contributed by atoms with E-state index in [0.29, 0.717) is 24.7 Å². The van der Waals surface area contributed by atoms with E-state index in [1.165, 1.54) is 6.07 Å². The standard InChI is InChI=1S/C16H15F2NO2/c17-12-2-4-14(18)11(8-12)10-19-13-3-5-15-16(9-13)21-7-1-6-20-15/h2-5,8-9,19H,1,6-7,10H2. The number of rotatable bonds is 3. The van der Waals surface area contributed by atoms with Crippen LogP contribution in [-0.2, 0) is 6.54 Å². The summed E-state index contributed by atoms with van der Waals surface area (Å²) in [7, 11) is 0. The van der Waals surface area contributed by atoms with Crippen molar-refractivity contribution in [1.29, 1.82) is 0 Å². The zero-order valence-corrected chi connectivity index (χ0v) is 11.4. The van der Waals surface area contributed by atoms with Crippen molar-refractivity contribution in [3.63, 3.8) is 0 Å². The second-order valence-corrected chi connectivity index (χ2v) is 4.80. The first-order valence-electron chi connectivity index (χ1n) is 6.80. The third-order valence-corrected chi connectivity index (χ3v) is 3.24. The first-order chi connectivity index (χ1) is 10.2. The fourth-order valence-electron chi connectivity index (χ4n) is 2.15. The summed E-state index contributed by atoms with van der Waals surface area (Å²) in [5.41, 5.74) is 1.05. The number of fused-ring (bicyclic) bond motifs is 1. The van der Waals surface area contributed by atoms with Crippen LogP contribution < -0.4 is 14.8 Å². The molecular formula is C16H15F2NO2. The summed E-state index contributed by atoms with van der Waals surface area (Å²) < 4.78 is 37.8. The molecule has 21 heavy (non-hydrogen) atoms. The predicted molar refractivity (Wildman–Crippen MR) is 75.7 cm³/mol. The van der Waals surface area contributed by atoms with Crippen LogP contribution in [0.2, 0.25) is 0 Å². The summed E-state index contributed by atoms with van der Waals surface area (Å²) in [6, 6.07) is 8.85. The average Bonchev–Trinajstić information content (AvgIpc) is 2.73. The molecule has 1 aliphatic rings. The molecule has 0 saturated carbocycles. The van der Waals surface area contributed by atoms with Crippen LogP contribution in [0.15, 0.2) is 36.4 Å². The molecule has 0 spiro atoms. The lowest BCUT2D eigenvalue weighted by molar-refractivity contribution is 0.297. The molecule has 0 atom stereocenters. The normalized spacial score (nSPS) is 13.6. The van der Waals surface area contributed by atoms with Gasteiger partial charge >= 0.3 is 0 Å². The van der Waals surface area contributed by atoms with Gasteiger partial charge in [-0.3, -0.25) is 0 Å². The molecule has 110 valence electrons. The Labute approximate surface area is 121 Å². The Morgan fingerprint density at radius 2 is 1.76 bits per heavy atom. The summed E-state index contributed by atoms with van der Waals surface area (Å²) >= 11 is 0. The Morgan fingerprint density at radius 1 is 0.952 bits per heavy atom. The third-order valence-electron chi connectivity index (χ3n) is 3.24. The molecule has 3 nitrogen and oxygen atoms in total. The quantitative estimate of drug-likeness (QED) is 0.934. The molecule has 1 heterocycles. The van der Waals surface area contributed by atoms with Gasteiger partial charge in [0, 0.05) is 30.3 Å². The summed E-state index contributed by atoms with van der Waals surface area (Å²) in [6.07, 6.45) is 0.839. The maximum Gasteiger partial charge on any atom is 0.163 e. The van der Waals surface area contributed by atoms with Crippen LogP contribution in [0, 0.1) is 11.6 Å². The molecule has 2 aromatic rings. The Balaban J connectivity index is 1.73. The molecular weight excluding hydrogens is 276 g/mol. The third kappa shape index (κ3) is 3.24. The molecule has 0 aliphatic carbocycles. The zero-order chi connectivity index (χ0) is 14.7. The van der Waals surface area contributed by atoms with Crippen molar-refractivity contribution >= 4 is 5.69 Å². The lowest BCUT2D eigenvalue weighted by atomic mass is 10.2. The predicted octanol–water partition coefficient (Wildman–Crippen LogP) is 3.74. The summed E-state index contributed by atoms with van der Waals surface area (Å²) in [5.74, 6) is 0.484. The molecule has 0 fully saturated rings. The molecule has 2 aromatic carbocycles. The van der Waals surface area contributed by atoms with Gasteiger partial charge in [-0.05, 0) is 30.3 Å². The highest BCUT2D eigenvalue weighted by Gasteiger charge is 2.11. The van der Waals surface area contributed by atoms with E-state index < -0.39 is 11.6 Å². The van der Waals surface area contributed by atoms with E-state index >= 15 is 0 Å². The SMILES string of the molecule is Fc1ccc(F)c(CNc2ccc3c(c2)OCCCO3)c1. The van der Waals surface area contributed by atoms with E-state index in [0.717, 1.165) is 24.2 Å². The molecule has 0 unspecified atom stereocenters. The number of ether oxygens (including phenoxy) is 2. The van der Waals surface area contributed by atoms with Gasteiger partial charge in [-0.1, -0.05) is 0 Å². The van der Waals surface area contributed by atoms with Gasteiger partial charge in [0.1, 0.15) is 11.6 Å². The molecule has 0 saturated heterocycles. The van der Waals surface area contributed by atoms with Gasteiger partial charge in [0.05, 0.1) is 13.2 Å². The molecule has 0 bridgehead atoms. The molecule has 1 N–H and O–H groups in total. The van der Waals surface area contributed by atoms with Gasteiger partial charge in [-0.25, -0.2) is 8.78 Å². The zero-order valence-electron chi connectivity index (χ0n) is 11.4. The highest BCUT2D eigenvalue weighted by molar-refractivity contribution is 5.55. The van der Waals surface area contributed by atoms with Crippen LogP contribution in [0.25, 0.3) is 0 Å². The van der Waals surface area contributed by atoms with Crippen molar-refractivity contribution in [1.82, 2.24) is 0 Å². The topological polar surface area (TPSA) is 30.5 Å². The van der Waals surface area contributed by atoms with Gasteiger partial charge in [0.15, 0.2) is 11.5 Å². The first kappa shape index (κ1) is 13.7. The van der Waals surface area contributed by atoms with Crippen molar-refractivity contribution in [2.24, 2.45) is 0 Å². The molecule has 1 aliphatic heterocycles. The highest BCUT2D eigenvalue weighted by Crippen LogP contribution is 2.32. The fourth-order valence-corrected chi connectivity index (χ4v) is 2.15. The second-order valence-electron chi connectivity index (χ2n) is 4.80. The average molecular weight is 291 g/mol. The molecule has 0 aromatic heterocycles. The maximum absolute atomic E-state index is 13.5. The fraction of sp³-hybridized carbons (Fsp3) is 0.250. The minimum Gasteiger partial charge on any atom is -0.490 e. The van der Waals surface area contributed by atoms with Gasteiger partial charge in [-0.15, -0.1) is 0 Å². The molecule has 0 radical (unpaired) electrons. The number of benzene rings is 2. The van der Waals surface area contributed by atoms with E-state index in [9.17, 15) is 8.78 Å². The van der Waals surface area contributed by atoms with Gasteiger partial charge in [-0.2, -0.15) is 0 Å². The lowest BCUT2D eigenvalue weighted by Gasteiger charge is -2.11. The maximum atomic E-state index is 13.5. The van der Waals surface area contributed by atoms with E-state index in [1.807, 2.05) is 12.1 Å². The minimum atomic E-state index is -0.452.